The van der Waals surface area contributed by atoms with Crippen LogP contribution in [0.1, 0.15) is 49.9 Å². The van der Waals surface area contributed by atoms with E-state index in [0.717, 1.165) is 38.0 Å². The van der Waals surface area contributed by atoms with Crippen molar-refractivity contribution in [2.75, 3.05) is 6.61 Å². The highest BCUT2D eigenvalue weighted by molar-refractivity contribution is 5.62. The maximum absolute atomic E-state index is 6.44. The summed E-state index contributed by atoms with van der Waals surface area (Å²) >= 11 is 0. The second-order valence-electron chi connectivity index (χ2n) is 8.30. The zero-order valence-corrected chi connectivity index (χ0v) is 15.8. The molecule has 0 radical (unpaired) electrons. The fraction of sp³-hybridized carbons (Fsp3) is 0.500. The minimum absolute atomic E-state index is 0.101. The van der Waals surface area contributed by atoms with Gasteiger partial charge in [0.05, 0.1) is 30.3 Å². The molecular formula is C22H26N2O2. The molecule has 26 heavy (non-hydrogen) atoms. The van der Waals surface area contributed by atoms with Crippen molar-refractivity contribution in [3.63, 3.8) is 0 Å². The van der Waals surface area contributed by atoms with Gasteiger partial charge in [-0.25, -0.2) is 4.68 Å². The first-order valence-electron chi connectivity index (χ1n) is 9.68. The molecular weight excluding hydrogens is 324 g/mol. The van der Waals surface area contributed by atoms with Crippen molar-refractivity contribution in [3.05, 3.63) is 52.9 Å². The molecule has 1 aromatic carbocycles. The fourth-order valence-electron chi connectivity index (χ4n) is 4.92. The average molecular weight is 350 g/mol. The lowest BCUT2D eigenvalue weighted by Crippen LogP contribution is -2.53. The molecule has 2 aliphatic carbocycles. The molecule has 3 atom stereocenters. The number of nitrogens with zero attached hydrogens (tertiary/aromatic N) is 2. The maximum Gasteiger partial charge on any atom is 0.178 e. The Labute approximate surface area is 154 Å². The highest BCUT2D eigenvalue weighted by Gasteiger charge is 2.59. The fourth-order valence-corrected chi connectivity index (χ4v) is 4.92. The number of aromatic nitrogens is 2. The van der Waals surface area contributed by atoms with Gasteiger partial charge in [-0.3, -0.25) is 0 Å². The Bertz CT molecular complexity index is 882. The van der Waals surface area contributed by atoms with E-state index in [1.807, 2.05) is 6.20 Å². The van der Waals surface area contributed by atoms with E-state index >= 15 is 0 Å². The van der Waals surface area contributed by atoms with Crippen LogP contribution in [-0.2, 0) is 15.9 Å². The molecule has 4 nitrogen and oxygen atoms in total. The molecule has 2 fully saturated rings. The summed E-state index contributed by atoms with van der Waals surface area (Å²) in [5.41, 5.74) is 6.21. The Hall–Kier alpha value is -1.91. The van der Waals surface area contributed by atoms with Crippen LogP contribution in [0.25, 0.3) is 11.8 Å². The Morgan fingerprint density at radius 1 is 1.23 bits per heavy atom. The van der Waals surface area contributed by atoms with E-state index in [2.05, 4.69) is 55.8 Å². The molecule has 2 heterocycles. The minimum atomic E-state index is -0.472. The van der Waals surface area contributed by atoms with Crippen LogP contribution < -0.4 is 0 Å². The smallest absolute Gasteiger partial charge is 0.178 e. The standard InChI is InChI=1S/C22H26N2O2/c1-15-4-6-19(7-5-15)24-20-12-18-8-10-22(25-11-9-16(2)26-22)21(18,3)13-17(20)14-23-24/h4-7,12,14,16H,8-11,13H2,1-3H3. The van der Waals surface area contributed by atoms with E-state index in [1.165, 1.54) is 22.4 Å². The van der Waals surface area contributed by atoms with Crippen LogP contribution in [0.4, 0.5) is 0 Å². The monoisotopic (exact) mass is 350 g/mol. The Morgan fingerprint density at radius 3 is 2.81 bits per heavy atom. The third-order valence-electron chi connectivity index (χ3n) is 6.54. The van der Waals surface area contributed by atoms with Gasteiger partial charge in [-0.2, -0.15) is 5.10 Å². The maximum atomic E-state index is 6.44. The van der Waals surface area contributed by atoms with Gasteiger partial charge in [-0.15, -0.1) is 0 Å². The first kappa shape index (κ1) is 16.3. The number of benzene rings is 1. The van der Waals surface area contributed by atoms with Crippen LogP contribution >= 0.6 is 0 Å². The third kappa shape index (κ3) is 2.18. The Morgan fingerprint density at radius 2 is 2.04 bits per heavy atom. The molecule has 0 N–H and O–H groups in total. The molecule has 2 aromatic rings. The predicted octanol–water partition coefficient (Wildman–Crippen LogP) is 4.44. The lowest BCUT2D eigenvalue weighted by molar-refractivity contribution is -0.324. The number of rotatable bonds is 1. The zero-order valence-electron chi connectivity index (χ0n) is 15.8. The first-order chi connectivity index (χ1) is 12.5. The topological polar surface area (TPSA) is 36.3 Å². The zero-order chi connectivity index (χ0) is 17.9. The van der Waals surface area contributed by atoms with Crippen molar-refractivity contribution >= 4 is 6.08 Å². The van der Waals surface area contributed by atoms with E-state index in [4.69, 9.17) is 14.6 Å². The summed E-state index contributed by atoms with van der Waals surface area (Å²) in [5.74, 6) is -0.472. The van der Waals surface area contributed by atoms with Crippen LogP contribution in [0.15, 0.2) is 36.0 Å². The Kier molecular flexibility index (Phi) is 3.47. The van der Waals surface area contributed by atoms with Gasteiger partial charge in [0.1, 0.15) is 0 Å². The van der Waals surface area contributed by atoms with Crippen LogP contribution in [-0.4, -0.2) is 28.3 Å². The largest absolute Gasteiger partial charge is 0.349 e. The summed E-state index contributed by atoms with van der Waals surface area (Å²) in [6.45, 7) is 7.38. The summed E-state index contributed by atoms with van der Waals surface area (Å²) in [5, 5.41) is 4.70. The average Bonchev–Trinajstić information content (AvgIpc) is 3.13. The van der Waals surface area contributed by atoms with Gasteiger partial charge in [-0.05, 0) is 56.9 Å². The molecule has 5 rings (SSSR count). The van der Waals surface area contributed by atoms with Gasteiger partial charge >= 0.3 is 0 Å². The van der Waals surface area contributed by atoms with E-state index in [0.29, 0.717) is 0 Å². The van der Waals surface area contributed by atoms with Crippen molar-refractivity contribution in [3.8, 4) is 5.69 Å². The normalized spacial score (nSPS) is 33.0. The minimum Gasteiger partial charge on any atom is -0.349 e. The van der Waals surface area contributed by atoms with E-state index in [-0.39, 0.29) is 11.5 Å². The molecule has 1 spiro atoms. The molecule has 0 amide bonds. The van der Waals surface area contributed by atoms with Gasteiger partial charge in [0.15, 0.2) is 5.79 Å². The lowest BCUT2D eigenvalue weighted by atomic mass is 9.71. The second-order valence-corrected chi connectivity index (χ2v) is 8.30. The molecule has 136 valence electrons. The second kappa shape index (κ2) is 5.54. The summed E-state index contributed by atoms with van der Waals surface area (Å²) in [4.78, 5) is 0. The van der Waals surface area contributed by atoms with Crippen LogP contribution in [0, 0.1) is 12.3 Å². The van der Waals surface area contributed by atoms with Crippen molar-refractivity contribution in [1.82, 2.24) is 9.78 Å². The van der Waals surface area contributed by atoms with Crippen molar-refractivity contribution < 1.29 is 9.47 Å². The summed E-state index contributed by atoms with van der Waals surface area (Å²) in [6, 6.07) is 8.55. The number of aryl methyl sites for hydroxylation is 1. The molecule has 3 aliphatic rings. The highest BCUT2D eigenvalue weighted by atomic mass is 16.7. The molecule has 0 bridgehead atoms. The van der Waals surface area contributed by atoms with Crippen molar-refractivity contribution in [2.24, 2.45) is 5.41 Å². The third-order valence-corrected chi connectivity index (χ3v) is 6.54. The SMILES string of the molecule is Cc1ccc(-n2ncc3c2C=C2CCC4(OCCC(C)O4)C2(C)C3)cc1. The first-order valence-corrected chi connectivity index (χ1v) is 9.68. The van der Waals surface area contributed by atoms with Gasteiger partial charge in [-0.1, -0.05) is 30.2 Å². The van der Waals surface area contributed by atoms with Crippen LogP contribution in [0.2, 0.25) is 0 Å². The van der Waals surface area contributed by atoms with Crippen molar-refractivity contribution in [2.45, 2.75) is 58.3 Å². The summed E-state index contributed by atoms with van der Waals surface area (Å²) in [6.07, 6.45) is 8.50. The van der Waals surface area contributed by atoms with E-state index in [1.54, 1.807) is 0 Å². The van der Waals surface area contributed by atoms with Gasteiger partial charge in [0.25, 0.3) is 0 Å². The molecule has 1 aliphatic heterocycles. The number of fused-ring (bicyclic) bond motifs is 3. The molecule has 3 unspecified atom stereocenters. The van der Waals surface area contributed by atoms with Gasteiger partial charge in [0.2, 0.25) is 0 Å². The molecule has 1 saturated carbocycles. The summed E-state index contributed by atoms with van der Waals surface area (Å²) < 4.78 is 14.8. The van der Waals surface area contributed by atoms with E-state index < -0.39 is 5.79 Å². The number of hydrogen-bond donors (Lipinski definition) is 0. The quantitative estimate of drug-likeness (QED) is 0.763. The number of hydrogen-bond acceptors (Lipinski definition) is 3. The summed E-state index contributed by atoms with van der Waals surface area (Å²) in [7, 11) is 0. The lowest BCUT2D eigenvalue weighted by Gasteiger charge is -2.48. The highest BCUT2D eigenvalue weighted by Crippen LogP contribution is 2.58. The molecule has 4 heteroatoms. The predicted molar refractivity (Wildman–Crippen MR) is 101 cm³/mol. The van der Waals surface area contributed by atoms with Crippen LogP contribution in [0.5, 0.6) is 0 Å². The van der Waals surface area contributed by atoms with Crippen LogP contribution in [0.3, 0.4) is 0 Å². The van der Waals surface area contributed by atoms with E-state index in [9.17, 15) is 0 Å². The molecule has 1 saturated heterocycles. The van der Waals surface area contributed by atoms with Gasteiger partial charge < -0.3 is 9.47 Å². The Balaban J connectivity index is 1.56. The van der Waals surface area contributed by atoms with Crippen molar-refractivity contribution in [1.29, 1.82) is 0 Å². The molecule has 1 aromatic heterocycles. The number of ether oxygens (including phenoxy) is 2. The van der Waals surface area contributed by atoms with Gasteiger partial charge in [0, 0.05) is 11.8 Å².